The minimum Gasteiger partial charge on any atom is -0.489 e. The lowest BCUT2D eigenvalue weighted by Crippen LogP contribution is -2.49. The molecule has 1 saturated heterocycles. The number of para-hydroxylation sites is 2. The summed E-state index contributed by atoms with van der Waals surface area (Å²) in [6.45, 7) is 13.4. The lowest BCUT2D eigenvalue weighted by atomic mass is 10.1. The predicted molar refractivity (Wildman–Crippen MR) is 176 cm³/mol. The van der Waals surface area contributed by atoms with Gasteiger partial charge in [-0.15, -0.1) is 0 Å². The Labute approximate surface area is 268 Å². The van der Waals surface area contributed by atoms with Crippen molar-refractivity contribution in [2.75, 3.05) is 49.5 Å². The van der Waals surface area contributed by atoms with Crippen molar-refractivity contribution in [3.63, 3.8) is 0 Å². The van der Waals surface area contributed by atoms with Crippen molar-refractivity contribution in [3.8, 4) is 11.6 Å². The van der Waals surface area contributed by atoms with Crippen LogP contribution in [-0.4, -0.2) is 71.2 Å². The second-order valence-corrected chi connectivity index (χ2v) is 11.6. The topological polar surface area (TPSA) is 83.1 Å². The molecule has 0 atom stereocenters. The molecule has 11 heteroatoms. The molecule has 0 radical (unpaired) electrons. The molecule has 45 heavy (non-hydrogen) atoms. The van der Waals surface area contributed by atoms with E-state index in [0.29, 0.717) is 34.7 Å². The third kappa shape index (κ3) is 8.08. The fourth-order valence-corrected chi connectivity index (χ4v) is 5.53. The highest BCUT2D eigenvalue weighted by atomic mass is 35.5. The molecule has 1 amide bonds. The summed E-state index contributed by atoms with van der Waals surface area (Å²) < 4.78 is 26.4. The number of hydrogen-bond acceptors (Lipinski definition) is 8. The van der Waals surface area contributed by atoms with Gasteiger partial charge >= 0.3 is 6.09 Å². The molecule has 1 aliphatic heterocycles. The van der Waals surface area contributed by atoms with E-state index in [-0.39, 0.29) is 17.6 Å². The van der Waals surface area contributed by atoms with E-state index in [1.807, 2.05) is 32.0 Å². The van der Waals surface area contributed by atoms with Crippen LogP contribution in [0, 0.1) is 19.7 Å². The molecule has 3 aromatic carbocycles. The average molecular weight is 633 g/mol. The van der Waals surface area contributed by atoms with Gasteiger partial charge in [0, 0.05) is 62.8 Å². The number of benzene rings is 3. The zero-order valence-corrected chi connectivity index (χ0v) is 26.7. The monoisotopic (exact) mass is 632 g/mol. The van der Waals surface area contributed by atoms with Crippen molar-refractivity contribution in [2.45, 2.75) is 33.7 Å². The second-order valence-electron chi connectivity index (χ2n) is 11.2. The summed E-state index contributed by atoms with van der Waals surface area (Å²) in [5.74, 6) is -0.187. The van der Waals surface area contributed by atoms with E-state index in [0.717, 1.165) is 43.9 Å². The van der Waals surface area contributed by atoms with Crippen molar-refractivity contribution in [3.05, 3.63) is 94.9 Å². The lowest BCUT2D eigenvalue weighted by molar-refractivity contribution is 0.0965. The fourth-order valence-electron chi connectivity index (χ4n) is 5.31. The Hall–Kier alpha value is -4.25. The first kappa shape index (κ1) is 32.2. The summed E-state index contributed by atoms with van der Waals surface area (Å²) in [6.07, 6.45) is 0.755. The van der Waals surface area contributed by atoms with Crippen LogP contribution in [-0.2, 0) is 0 Å². The van der Waals surface area contributed by atoms with Crippen molar-refractivity contribution >= 4 is 40.7 Å². The van der Waals surface area contributed by atoms with Gasteiger partial charge in [-0.3, -0.25) is 9.80 Å². The molecule has 1 fully saturated rings. The number of aromatic nitrogens is 2. The number of aryl methyl sites for hydroxylation is 2. The van der Waals surface area contributed by atoms with E-state index in [4.69, 9.17) is 21.1 Å². The van der Waals surface area contributed by atoms with Gasteiger partial charge in [-0.25, -0.2) is 19.1 Å². The number of piperazine rings is 1. The number of amides is 1. The van der Waals surface area contributed by atoms with Crippen LogP contribution in [0.15, 0.2) is 72.9 Å². The van der Waals surface area contributed by atoms with Gasteiger partial charge < -0.3 is 14.8 Å². The number of anilines is 4. The Morgan fingerprint density at radius 2 is 1.76 bits per heavy atom. The highest BCUT2D eigenvalue weighted by molar-refractivity contribution is 6.34. The molecule has 0 saturated carbocycles. The van der Waals surface area contributed by atoms with Crippen LogP contribution in [0.25, 0.3) is 0 Å². The van der Waals surface area contributed by atoms with Crippen molar-refractivity contribution in [1.82, 2.24) is 19.8 Å². The lowest BCUT2D eigenvalue weighted by Gasteiger charge is -2.36. The summed E-state index contributed by atoms with van der Waals surface area (Å²) >= 11 is 6.51. The number of halogens is 2. The number of carbonyl (C=O) groups is 1. The molecule has 9 nitrogen and oxygen atoms in total. The fraction of sp³-hybridized carbons (Fsp3) is 0.324. The summed E-state index contributed by atoms with van der Waals surface area (Å²) in [7, 11) is 0. The highest BCUT2D eigenvalue weighted by Crippen LogP contribution is 2.36. The third-order valence-electron chi connectivity index (χ3n) is 7.75. The molecule has 0 aliphatic carbocycles. The van der Waals surface area contributed by atoms with Crippen molar-refractivity contribution in [1.29, 1.82) is 0 Å². The number of ether oxygens (including phenoxy) is 2. The Kier molecular flexibility index (Phi) is 10.5. The van der Waals surface area contributed by atoms with E-state index in [1.54, 1.807) is 36.4 Å². The maximum atomic E-state index is 14.9. The van der Waals surface area contributed by atoms with Gasteiger partial charge in [0.2, 0.25) is 11.8 Å². The van der Waals surface area contributed by atoms with Crippen LogP contribution >= 0.6 is 11.6 Å². The molecule has 0 spiro atoms. The average Bonchev–Trinajstić information content (AvgIpc) is 3.01. The maximum absolute atomic E-state index is 14.9. The molecule has 0 unspecified atom stereocenters. The quantitative estimate of drug-likeness (QED) is 0.194. The van der Waals surface area contributed by atoms with Gasteiger partial charge in [-0.2, -0.15) is 4.98 Å². The highest BCUT2D eigenvalue weighted by Gasteiger charge is 2.26. The summed E-state index contributed by atoms with van der Waals surface area (Å²) in [5.41, 5.74) is 3.29. The molecule has 236 valence electrons. The number of nitrogens with zero attached hydrogens (tertiary/aromatic N) is 5. The van der Waals surface area contributed by atoms with Crippen molar-refractivity contribution in [2.24, 2.45) is 0 Å². The normalized spacial score (nSPS) is 13.9. The van der Waals surface area contributed by atoms with Gasteiger partial charge in [-0.05, 0) is 63.1 Å². The Balaban J connectivity index is 1.23. The van der Waals surface area contributed by atoms with Crippen LogP contribution in [0.4, 0.5) is 32.2 Å². The number of carbonyl (C=O) groups excluding carboxylic acids is 1. The van der Waals surface area contributed by atoms with Crippen LogP contribution in [0.3, 0.4) is 0 Å². The van der Waals surface area contributed by atoms with E-state index in [9.17, 15) is 9.18 Å². The molecule has 4 aromatic rings. The first-order chi connectivity index (χ1) is 21.7. The maximum Gasteiger partial charge on any atom is 0.425 e. The first-order valence-corrected chi connectivity index (χ1v) is 15.4. The molecule has 2 heterocycles. The van der Waals surface area contributed by atoms with Gasteiger partial charge in [0.1, 0.15) is 6.61 Å². The van der Waals surface area contributed by atoms with E-state index >= 15 is 0 Å². The van der Waals surface area contributed by atoms with Gasteiger partial charge in [0.15, 0.2) is 11.6 Å². The Bertz CT molecular complexity index is 1610. The molecule has 1 N–H and O–H groups in total. The zero-order chi connectivity index (χ0) is 31.9. The second kappa shape index (κ2) is 14.7. The summed E-state index contributed by atoms with van der Waals surface area (Å²) in [6, 6.07) is 19.4. The van der Waals surface area contributed by atoms with E-state index < -0.39 is 11.9 Å². The number of nitrogens with one attached hydrogen (secondary N) is 1. The van der Waals surface area contributed by atoms with E-state index in [1.165, 1.54) is 23.2 Å². The number of rotatable bonds is 10. The third-order valence-corrected chi connectivity index (χ3v) is 8.07. The SMILES string of the molecule is Cc1cccc(C)c1N(C(=O)Oc1ccnc(Nc2ccc(OCCN3CCN(C(C)C)CC3)c(F)c2)n1)c1ccccc1Cl. The molecule has 1 aromatic heterocycles. The smallest absolute Gasteiger partial charge is 0.425 e. The van der Waals surface area contributed by atoms with E-state index in [2.05, 4.69) is 38.9 Å². The Morgan fingerprint density at radius 1 is 1.02 bits per heavy atom. The van der Waals surface area contributed by atoms with Crippen LogP contribution in [0.1, 0.15) is 25.0 Å². The molecule has 1 aliphatic rings. The largest absolute Gasteiger partial charge is 0.489 e. The predicted octanol–water partition coefficient (Wildman–Crippen LogP) is 7.37. The van der Waals surface area contributed by atoms with Crippen LogP contribution < -0.4 is 19.7 Å². The molecular weight excluding hydrogens is 595 g/mol. The molecular formula is C34H38ClFN6O3. The minimum absolute atomic E-state index is 0.00967. The zero-order valence-electron chi connectivity index (χ0n) is 26.0. The Morgan fingerprint density at radius 3 is 2.44 bits per heavy atom. The minimum atomic E-state index is -0.695. The van der Waals surface area contributed by atoms with Gasteiger partial charge in [0.05, 0.1) is 16.4 Å². The van der Waals surface area contributed by atoms with Crippen molar-refractivity contribution < 1.29 is 18.7 Å². The van der Waals surface area contributed by atoms with Gasteiger partial charge in [0.25, 0.3) is 0 Å². The standard InChI is InChI=1S/C34H38ClFN6O3/c1-23(2)41-18-16-40(17-19-41)20-21-44-30-13-12-26(22-28(30)36)38-33-37-15-14-31(39-33)45-34(43)42(29-11-6-5-10-27(29)35)32-24(3)8-7-9-25(32)4/h5-15,22-23H,16-21H2,1-4H3,(H,37,38,39). The summed E-state index contributed by atoms with van der Waals surface area (Å²) in [4.78, 5) is 28.4. The molecule has 0 bridgehead atoms. The van der Waals surface area contributed by atoms with Gasteiger partial charge in [-0.1, -0.05) is 41.9 Å². The molecule has 5 rings (SSSR count). The first-order valence-electron chi connectivity index (χ1n) is 15.0. The van der Waals surface area contributed by atoms with Crippen LogP contribution in [0.2, 0.25) is 5.02 Å². The summed E-state index contributed by atoms with van der Waals surface area (Å²) in [5, 5.41) is 3.36. The number of hydrogen-bond donors (Lipinski definition) is 1. The van der Waals surface area contributed by atoms with Crippen LogP contribution in [0.5, 0.6) is 11.6 Å².